The maximum absolute atomic E-state index is 11.9. The predicted molar refractivity (Wildman–Crippen MR) is 78.8 cm³/mol. The molecule has 0 atom stereocenters. The molecule has 0 saturated carbocycles. The van der Waals surface area contributed by atoms with Crippen LogP contribution in [0.1, 0.15) is 13.3 Å². The van der Waals surface area contributed by atoms with Gasteiger partial charge in [0.15, 0.2) is 0 Å². The first kappa shape index (κ1) is 15.3. The van der Waals surface area contributed by atoms with Gasteiger partial charge in [-0.25, -0.2) is 13.1 Å². The highest BCUT2D eigenvalue weighted by Gasteiger charge is 2.12. The van der Waals surface area contributed by atoms with Gasteiger partial charge < -0.3 is 5.32 Å². The van der Waals surface area contributed by atoms with Gasteiger partial charge in [-0.15, -0.1) is 0 Å². The Kier molecular flexibility index (Phi) is 6.52. The maximum Gasteiger partial charge on any atom is 0.240 e. The molecule has 2 N–H and O–H groups in total. The molecule has 0 saturated heterocycles. The van der Waals surface area contributed by atoms with Gasteiger partial charge in [-0.05, 0) is 36.9 Å². The largest absolute Gasteiger partial charge is 0.385 e. The minimum atomic E-state index is -3.36. The van der Waals surface area contributed by atoms with Gasteiger partial charge in [-0.2, -0.15) is 11.8 Å². The molecule has 102 valence electrons. The highest BCUT2D eigenvalue weighted by atomic mass is 32.2. The van der Waals surface area contributed by atoms with Crippen LogP contribution in [0, 0.1) is 0 Å². The summed E-state index contributed by atoms with van der Waals surface area (Å²) in [4.78, 5) is 0.311. The van der Waals surface area contributed by atoms with Crippen molar-refractivity contribution in [1.82, 2.24) is 4.72 Å². The maximum atomic E-state index is 11.9. The molecule has 0 bridgehead atoms. The molecule has 4 nitrogen and oxygen atoms in total. The fourth-order valence-corrected chi connectivity index (χ4v) is 2.85. The van der Waals surface area contributed by atoms with Crippen LogP contribution in [-0.2, 0) is 10.0 Å². The zero-order valence-corrected chi connectivity index (χ0v) is 12.4. The van der Waals surface area contributed by atoms with Gasteiger partial charge in [0.25, 0.3) is 0 Å². The summed E-state index contributed by atoms with van der Waals surface area (Å²) in [5.74, 6) is 0.773. The van der Waals surface area contributed by atoms with Gasteiger partial charge in [0, 0.05) is 24.5 Å². The summed E-state index contributed by atoms with van der Waals surface area (Å²) >= 11 is 1.61. The van der Waals surface area contributed by atoms with E-state index in [4.69, 9.17) is 0 Å². The molecule has 0 radical (unpaired) electrons. The lowest BCUT2D eigenvalue weighted by molar-refractivity contribution is 0.584. The second-order valence-corrected chi connectivity index (χ2v) is 6.59. The summed E-state index contributed by atoms with van der Waals surface area (Å²) < 4.78 is 26.4. The standard InChI is InChI=1S/C12H20N2O2S2/c1-3-8-13-11-4-6-12(7-5-11)18(15,16)14-9-10-17-2/h4-7,13-14H,3,8-10H2,1-2H3. The normalized spacial score (nSPS) is 11.4. The minimum Gasteiger partial charge on any atom is -0.385 e. The van der Waals surface area contributed by atoms with Crippen LogP contribution in [0.15, 0.2) is 29.2 Å². The molecule has 0 amide bonds. The first-order valence-electron chi connectivity index (χ1n) is 5.92. The average Bonchev–Trinajstić information content (AvgIpc) is 2.37. The molecular formula is C12H20N2O2S2. The number of thioether (sulfide) groups is 1. The third-order valence-corrected chi connectivity index (χ3v) is 4.43. The second-order valence-electron chi connectivity index (χ2n) is 3.84. The number of benzene rings is 1. The molecule has 0 aliphatic heterocycles. The van der Waals surface area contributed by atoms with Gasteiger partial charge in [-0.3, -0.25) is 0 Å². The highest BCUT2D eigenvalue weighted by molar-refractivity contribution is 7.98. The van der Waals surface area contributed by atoms with Gasteiger partial charge >= 0.3 is 0 Å². The SMILES string of the molecule is CCCNc1ccc(S(=O)(=O)NCCSC)cc1. The van der Waals surface area contributed by atoms with Crippen molar-refractivity contribution in [3.05, 3.63) is 24.3 Å². The zero-order chi connectivity index (χ0) is 13.4. The van der Waals surface area contributed by atoms with Crippen LogP contribution in [0.3, 0.4) is 0 Å². The summed E-state index contributed by atoms with van der Waals surface area (Å²) in [5.41, 5.74) is 0.944. The summed E-state index contributed by atoms with van der Waals surface area (Å²) in [5, 5.41) is 3.21. The lowest BCUT2D eigenvalue weighted by Gasteiger charge is -2.08. The van der Waals surface area contributed by atoms with E-state index in [1.54, 1.807) is 36.0 Å². The Balaban J connectivity index is 2.65. The summed E-state index contributed by atoms with van der Waals surface area (Å²) in [6.45, 7) is 3.43. The Morgan fingerprint density at radius 3 is 2.39 bits per heavy atom. The molecule has 1 rings (SSSR count). The number of anilines is 1. The number of nitrogens with one attached hydrogen (secondary N) is 2. The quantitative estimate of drug-likeness (QED) is 0.720. The number of hydrogen-bond acceptors (Lipinski definition) is 4. The molecule has 0 aliphatic rings. The molecule has 0 heterocycles. The summed E-state index contributed by atoms with van der Waals surface area (Å²) in [6, 6.07) is 6.83. The van der Waals surface area contributed by atoms with E-state index in [1.165, 1.54) is 0 Å². The van der Waals surface area contributed by atoms with E-state index in [9.17, 15) is 8.42 Å². The van der Waals surface area contributed by atoms with Gasteiger partial charge in [-0.1, -0.05) is 6.92 Å². The Labute approximate surface area is 114 Å². The lowest BCUT2D eigenvalue weighted by Crippen LogP contribution is -2.25. The predicted octanol–water partition coefficient (Wildman–Crippen LogP) is 2.15. The van der Waals surface area contributed by atoms with Gasteiger partial charge in [0.05, 0.1) is 4.90 Å². The molecule has 0 unspecified atom stereocenters. The van der Waals surface area contributed by atoms with Crippen LogP contribution >= 0.6 is 11.8 Å². The molecule has 0 fully saturated rings. The van der Waals surface area contributed by atoms with Crippen LogP contribution in [0.4, 0.5) is 5.69 Å². The fraction of sp³-hybridized carbons (Fsp3) is 0.500. The van der Waals surface area contributed by atoms with Crippen LogP contribution in [-0.4, -0.2) is 33.5 Å². The molecule has 6 heteroatoms. The van der Waals surface area contributed by atoms with Crippen LogP contribution in [0.5, 0.6) is 0 Å². The summed E-state index contributed by atoms with van der Waals surface area (Å²) in [6.07, 6.45) is 2.98. The lowest BCUT2D eigenvalue weighted by atomic mass is 10.3. The first-order valence-corrected chi connectivity index (χ1v) is 8.80. The van der Waals surface area contributed by atoms with Crippen molar-refractivity contribution >= 4 is 27.5 Å². The Morgan fingerprint density at radius 2 is 1.83 bits per heavy atom. The average molecular weight is 288 g/mol. The molecule has 1 aromatic rings. The van der Waals surface area contributed by atoms with E-state index in [-0.39, 0.29) is 0 Å². The molecule has 0 spiro atoms. The van der Waals surface area contributed by atoms with Crippen molar-refractivity contribution in [2.75, 3.05) is 30.4 Å². The van der Waals surface area contributed by atoms with Crippen LogP contribution < -0.4 is 10.0 Å². The molecule has 0 aliphatic carbocycles. The second kappa shape index (κ2) is 7.66. The van der Waals surface area contributed by atoms with Crippen molar-refractivity contribution < 1.29 is 8.42 Å². The topological polar surface area (TPSA) is 58.2 Å². The monoisotopic (exact) mass is 288 g/mol. The van der Waals surface area contributed by atoms with Crippen LogP contribution in [0.2, 0.25) is 0 Å². The Morgan fingerprint density at radius 1 is 1.17 bits per heavy atom. The van der Waals surface area contributed by atoms with E-state index < -0.39 is 10.0 Å². The van der Waals surface area contributed by atoms with E-state index in [2.05, 4.69) is 17.0 Å². The van der Waals surface area contributed by atoms with Crippen molar-refractivity contribution in [1.29, 1.82) is 0 Å². The molecule has 1 aromatic carbocycles. The van der Waals surface area contributed by atoms with Crippen LogP contribution in [0.25, 0.3) is 0 Å². The van der Waals surface area contributed by atoms with Crippen molar-refractivity contribution in [3.63, 3.8) is 0 Å². The highest BCUT2D eigenvalue weighted by Crippen LogP contribution is 2.13. The van der Waals surface area contributed by atoms with Crippen molar-refractivity contribution in [2.45, 2.75) is 18.2 Å². The van der Waals surface area contributed by atoms with Gasteiger partial charge in [0.2, 0.25) is 10.0 Å². The summed E-state index contributed by atoms with van der Waals surface area (Å²) in [7, 11) is -3.36. The third-order valence-electron chi connectivity index (χ3n) is 2.34. The molecular weight excluding hydrogens is 268 g/mol. The zero-order valence-electron chi connectivity index (χ0n) is 10.8. The minimum absolute atomic E-state index is 0.311. The van der Waals surface area contributed by atoms with E-state index in [0.717, 1.165) is 24.4 Å². The number of sulfonamides is 1. The Bertz CT molecular complexity index is 444. The van der Waals surface area contributed by atoms with Crippen molar-refractivity contribution in [2.24, 2.45) is 0 Å². The molecule has 18 heavy (non-hydrogen) atoms. The van der Waals surface area contributed by atoms with Gasteiger partial charge in [0.1, 0.15) is 0 Å². The van der Waals surface area contributed by atoms with E-state index in [0.29, 0.717) is 11.4 Å². The third kappa shape index (κ3) is 4.88. The van der Waals surface area contributed by atoms with E-state index >= 15 is 0 Å². The Hall–Kier alpha value is -0.720. The first-order chi connectivity index (χ1) is 8.60. The molecule has 0 aromatic heterocycles. The smallest absolute Gasteiger partial charge is 0.240 e. The fourth-order valence-electron chi connectivity index (χ4n) is 1.38. The number of hydrogen-bond donors (Lipinski definition) is 2. The number of rotatable bonds is 8. The van der Waals surface area contributed by atoms with E-state index in [1.807, 2.05) is 6.26 Å². The van der Waals surface area contributed by atoms with Crippen molar-refractivity contribution in [3.8, 4) is 0 Å².